The second kappa shape index (κ2) is 9.55. The van der Waals surface area contributed by atoms with E-state index in [1.807, 2.05) is 12.0 Å². The van der Waals surface area contributed by atoms with Crippen molar-refractivity contribution in [1.82, 2.24) is 19.7 Å². The largest absolute Gasteiger partial charge is 0.336 e. The predicted molar refractivity (Wildman–Crippen MR) is 110 cm³/mol. The Hall–Kier alpha value is -1.49. The molecule has 2 fully saturated rings. The van der Waals surface area contributed by atoms with Gasteiger partial charge in [-0.1, -0.05) is 11.6 Å². The second-order valence-electron chi connectivity index (χ2n) is 7.32. The Morgan fingerprint density at radius 1 is 1.28 bits per heavy atom. The first kappa shape index (κ1) is 22.2. The van der Waals surface area contributed by atoms with E-state index in [1.54, 1.807) is 22.9 Å². The lowest BCUT2D eigenvalue weighted by atomic mass is 9.97. The van der Waals surface area contributed by atoms with E-state index in [4.69, 9.17) is 16.4 Å². The molecule has 0 spiro atoms. The van der Waals surface area contributed by atoms with Crippen molar-refractivity contribution >= 4 is 33.1 Å². The number of carbonyl (C=O) groups excluding carboxylic acids is 2. The molecule has 2 aliphatic rings. The van der Waals surface area contributed by atoms with Crippen molar-refractivity contribution in [2.24, 2.45) is 10.3 Å². The molecule has 2 saturated heterocycles. The van der Waals surface area contributed by atoms with E-state index in [1.165, 1.54) is 0 Å². The molecule has 9 nitrogen and oxygen atoms in total. The van der Waals surface area contributed by atoms with Gasteiger partial charge in [-0.05, 0) is 26.2 Å². The fourth-order valence-corrected chi connectivity index (χ4v) is 5.80. The summed E-state index contributed by atoms with van der Waals surface area (Å²) < 4.78 is 19.0. The van der Waals surface area contributed by atoms with E-state index in [2.05, 4.69) is 9.46 Å². The summed E-state index contributed by atoms with van der Waals surface area (Å²) in [4.78, 5) is 32.2. The minimum absolute atomic E-state index is 0.188. The fourth-order valence-electron chi connectivity index (χ4n) is 3.62. The van der Waals surface area contributed by atoms with Gasteiger partial charge >= 0.3 is 0 Å². The van der Waals surface area contributed by atoms with Gasteiger partial charge in [-0.2, -0.15) is 14.5 Å². The number of hydroxylamine groups is 2. The van der Waals surface area contributed by atoms with Gasteiger partial charge in [0.25, 0.3) is 11.8 Å². The Morgan fingerprint density at radius 3 is 2.62 bits per heavy atom. The molecule has 0 saturated carbocycles. The third kappa shape index (κ3) is 5.36. The van der Waals surface area contributed by atoms with Crippen molar-refractivity contribution in [3.8, 4) is 0 Å². The van der Waals surface area contributed by atoms with E-state index >= 15 is 0 Å². The van der Waals surface area contributed by atoms with Crippen molar-refractivity contribution in [1.29, 1.82) is 0 Å². The van der Waals surface area contributed by atoms with Crippen LogP contribution < -0.4 is 0 Å². The molecule has 162 valence electrons. The first-order valence-corrected chi connectivity index (χ1v) is 12.2. The molecule has 0 bridgehead atoms. The van der Waals surface area contributed by atoms with Crippen LogP contribution in [0.4, 0.5) is 0 Å². The number of carbonyl (C=O) groups is 2. The monoisotopic (exact) mass is 445 g/mol. The summed E-state index contributed by atoms with van der Waals surface area (Å²) in [5, 5.41) is 6.34. The lowest BCUT2D eigenvalue weighted by Gasteiger charge is -2.28. The zero-order valence-corrected chi connectivity index (χ0v) is 18.5. The zero-order valence-electron chi connectivity index (χ0n) is 16.9. The van der Waals surface area contributed by atoms with E-state index in [9.17, 15) is 13.8 Å². The quantitative estimate of drug-likeness (QED) is 0.699. The van der Waals surface area contributed by atoms with Crippen LogP contribution in [0.25, 0.3) is 0 Å². The van der Waals surface area contributed by atoms with Crippen LogP contribution >= 0.6 is 11.6 Å². The van der Waals surface area contributed by atoms with Gasteiger partial charge < -0.3 is 9.74 Å². The highest BCUT2D eigenvalue weighted by Gasteiger charge is 2.29. The number of rotatable bonds is 4. The van der Waals surface area contributed by atoms with Gasteiger partial charge in [0.2, 0.25) is 0 Å². The van der Waals surface area contributed by atoms with Crippen LogP contribution in [0.5, 0.6) is 0 Å². The standard InChI is InChI=1S/C18H28ClN5O4S/c1-3-23-13-15(19)16(20-23)18(26)22-7-4-11-29(27,12-10-22)21-17(25)14-5-8-24(28-2)9-6-14/h13-14H,3-12H2,1-2H3. The van der Waals surface area contributed by atoms with Crippen LogP contribution in [0.3, 0.4) is 0 Å². The maximum absolute atomic E-state index is 13.2. The molecule has 29 heavy (non-hydrogen) atoms. The summed E-state index contributed by atoms with van der Waals surface area (Å²) >= 11 is 6.15. The van der Waals surface area contributed by atoms with E-state index in [-0.39, 0.29) is 35.7 Å². The van der Waals surface area contributed by atoms with Crippen molar-refractivity contribution in [2.45, 2.75) is 32.7 Å². The van der Waals surface area contributed by atoms with Gasteiger partial charge in [-0.25, -0.2) is 4.21 Å². The van der Waals surface area contributed by atoms with Crippen LogP contribution in [-0.4, -0.2) is 80.6 Å². The van der Waals surface area contributed by atoms with Gasteiger partial charge in [0.15, 0.2) is 5.69 Å². The SMILES string of the molecule is CCn1cc(Cl)c(C(=O)N2CCCS(=O)(=NC(=O)C3CCN(OC)CC3)CC2)n1. The van der Waals surface area contributed by atoms with Crippen molar-refractivity contribution in [2.75, 3.05) is 44.8 Å². The minimum atomic E-state index is -2.67. The van der Waals surface area contributed by atoms with Crippen molar-refractivity contribution in [3.63, 3.8) is 0 Å². The second-order valence-corrected chi connectivity index (χ2v) is 10.3. The minimum Gasteiger partial charge on any atom is -0.336 e. The molecule has 3 rings (SSSR count). The molecule has 1 aromatic rings. The molecule has 2 amide bonds. The van der Waals surface area contributed by atoms with Gasteiger partial charge in [0.05, 0.1) is 21.9 Å². The number of aryl methyl sites for hydroxylation is 1. The van der Waals surface area contributed by atoms with Gasteiger partial charge in [-0.15, -0.1) is 0 Å². The Kier molecular flexibility index (Phi) is 7.31. The summed E-state index contributed by atoms with van der Waals surface area (Å²) in [5.41, 5.74) is 0.208. The van der Waals surface area contributed by atoms with Crippen LogP contribution in [0.15, 0.2) is 10.6 Å². The summed E-state index contributed by atoms with van der Waals surface area (Å²) in [5.74, 6) is -0.263. The summed E-state index contributed by atoms with van der Waals surface area (Å²) in [7, 11) is -1.06. The molecule has 0 aromatic carbocycles. The maximum atomic E-state index is 13.2. The Bertz CT molecular complexity index is 872. The third-order valence-electron chi connectivity index (χ3n) is 5.42. The molecule has 3 heterocycles. The number of halogens is 1. The van der Waals surface area contributed by atoms with Crippen molar-refractivity contribution < 1.29 is 18.6 Å². The van der Waals surface area contributed by atoms with Crippen LogP contribution in [-0.2, 0) is 25.9 Å². The molecule has 0 aliphatic carbocycles. The predicted octanol–water partition coefficient (Wildman–Crippen LogP) is 1.67. The third-order valence-corrected chi connectivity index (χ3v) is 7.96. The average molecular weight is 446 g/mol. The lowest BCUT2D eigenvalue weighted by Crippen LogP contribution is -2.35. The van der Waals surface area contributed by atoms with Gasteiger partial charge in [-0.3, -0.25) is 14.3 Å². The zero-order chi connectivity index (χ0) is 21.0. The molecular weight excluding hydrogens is 418 g/mol. The van der Waals surface area contributed by atoms with E-state index in [0.717, 1.165) is 0 Å². The molecule has 0 radical (unpaired) electrons. The van der Waals surface area contributed by atoms with E-state index < -0.39 is 9.73 Å². The number of hydrogen-bond donors (Lipinski definition) is 0. The Morgan fingerprint density at radius 2 is 2.00 bits per heavy atom. The molecule has 1 unspecified atom stereocenters. The number of aromatic nitrogens is 2. The summed E-state index contributed by atoms with van der Waals surface area (Å²) in [6.45, 7) is 4.57. The average Bonchev–Trinajstić information content (AvgIpc) is 2.99. The molecule has 11 heteroatoms. The summed E-state index contributed by atoms with van der Waals surface area (Å²) in [6, 6.07) is 0. The molecule has 0 N–H and O–H groups in total. The highest BCUT2D eigenvalue weighted by molar-refractivity contribution is 7.93. The van der Waals surface area contributed by atoms with Crippen molar-refractivity contribution in [3.05, 3.63) is 16.9 Å². The van der Waals surface area contributed by atoms with Crippen LogP contribution in [0.1, 0.15) is 36.7 Å². The number of nitrogens with zero attached hydrogens (tertiary/aromatic N) is 5. The van der Waals surface area contributed by atoms with E-state index in [0.29, 0.717) is 56.2 Å². The highest BCUT2D eigenvalue weighted by Crippen LogP contribution is 2.21. The Balaban J connectivity index is 1.65. The highest BCUT2D eigenvalue weighted by atomic mass is 35.5. The molecule has 2 aliphatic heterocycles. The van der Waals surface area contributed by atoms with Gasteiger partial charge in [0, 0.05) is 56.3 Å². The number of piperidine rings is 1. The van der Waals surface area contributed by atoms with Gasteiger partial charge in [0.1, 0.15) is 0 Å². The number of hydrogen-bond acceptors (Lipinski definition) is 6. The van der Waals surface area contributed by atoms with Crippen LogP contribution in [0.2, 0.25) is 5.02 Å². The first-order valence-electron chi connectivity index (χ1n) is 9.93. The number of amides is 2. The first-order chi connectivity index (χ1) is 13.8. The summed E-state index contributed by atoms with van der Waals surface area (Å²) in [6.07, 6.45) is 3.44. The topological polar surface area (TPSA) is 97.1 Å². The van der Waals surface area contributed by atoms with Crippen LogP contribution in [0, 0.1) is 5.92 Å². The molecular formula is C18H28ClN5O4S. The smallest absolute Gasteiger partial charge is 0.275 e. The normalized spacial score (nSPS) is 24.3. The fraction of sp³-hybridized carbons (Fsp3) is 0.722. The molecule has 1 aromatic heterocycles. The Labute approximate surface area is 176 Å². The lowest BCUT2D eigenvalue weighted by molar-refractivity contribution is -0.153. The molecule has 1 atom stereocenters. The maximum Gasteiger partial charge on any atom is 0.275 e.